The molecule has 0 atom stereocenters. The van der Waals surface area contributed by atoms with Gasteiger partial charge < -0.3 is 15.4 Å². The fraction of sp³-hybridized carbons (Fsp3) is 0.300. The second-order valence-electron chi connectivity index (χ2n) is 3.81. The summed E-state index contributed by atoms with van der Waals surface area (Å²) in [6, 6.07) is 5.32. The maximum absolute atomic E-state index is 9.82. The van der Waals surface area contributed by atoms with Crippen molar-refractivity contribution in [3.05, 3.63) is 23.9 Å². The molecule has 0 saturated heterocycles. The first-order valence-corrected chi connectivity index (χ1v) is 4.37. The van der Waals surface area contributed by atoms with Crippen molar-refractivity contribution < 1.29 is 9.63 Å². The molecule has 4 heteroatoms. The number of aliphatic hydroxyl groups is 1. The number of nitrogens with two attached hydrogens (primary N) is 1. The third-order valence-corrected chi connectivity index (χ3v) is 2.11. The molecule has 1 aromatic heterocycles. The van der Waals surface area contributed by atoms with Gasteiger partial charge in [0.15, 0.2) is 5.58 Å². The lowest BCUT2D eigenvalue weighted by molar-refractivity contribution is 0.0716. The summed E-state index contributed by atoms with van der Waals surface area (Å²) < 4.78 is 5.07. The van der Waals surface area contributed by atoms with E-state index < -0.39 is 5.60 Å². The van der Waals surface area contributed by atoms with Crippen LogP contribution in [0.2, 0.25) is 0 Å². The van der Waals surface area contributed by atoms with Gasteiger partial charge in [-0.05, 0) is 26.0 Å². The maximum Gasteiger partial charge on any atom is 0.169 e. The Bertz CT molecular complexity index is 468. The Balaban J connectivity index is 2.80. The highest BCUT2D eigenvalue weighted by atomic mass is 16.5. The Morgan fingerprint density at radius 3 is 2.79 bits per heavy atom. The van der Waals surface area contributed by atoms with E-state index in [1.165, 1.54) is 0 Å². The molecule has 0 amide bonds. The lowest BCUT2D eigenvalue weighted by Crippen LogP contribution is -2.16. The molecule has 0 spiro atoms. The van der Waals surface area contributed by atoms with Gasteiger partial charge in [-0.3, -0.25) is 0 Å². The standard InChI is InChI=1S/C10H12N2O2/c1-10(2,13)9-8-6(11)4-3-5-7(8)14-12-9/h3-5,13H,11H2,1-2H3. The van der Waals surface area contributed by atoms with Crippen molar-refractivity contribution >= 4 is 16.7 Å². The molecule has 0 aliphatic heterocycles. The molecular weight excluding hydrogens is 180 g/mol. The third-order valence-electron chi connectivity index (χ3n) is 2.11. The normalized spacial score (nSPS) is 12.2. The van der Waals surface area contributed by atoms with Gasteiger partial charge in [0, 0.05) is 5.69 Å². The number of hydrogen-bond acceptors (Lipinski definition) is 4. The molecule has 0 fully saturated rings. The van der Waals surface area contributed by atoms with Crippen LogP contribution < -0.4 is 5.73 Å². The van der Waals surface area contributed by atoms with Crippen molar-refractivity contribution in [1.29, 1.82) is 0 Å². The molecule has 4 nitrogen and oxygen atoms in total. The molecule has 14 heavy (non-hydrogen) atoms. The van der Waals surface area contributed by atoms with E-state index in [2.05, 4.69) is 5.16 Å². The van der Waals surface area contributed by atoms with Crippen LogP contribution in [0, 0.1) is 0 Å². The Kier molecular flexibility index (Phi) is 1.75. The van der Waals surface area contributed by atoms with Crippen LogP contribution in [-0.4, -0.2) is 10.3 Å². The molecule has 0 aliphatic rings. The number of nitrogens with zero attached hydrogens (tertiary/aromatic N) is 1. The molecule has 1 aromatic carbocycles. The van der Waals surface area contributed by atoms with E-state index in [1.807, 2.05) is 0 Å². The SMILES string of the molecule is CC(C)(O)c1noc2cccc(N)c12. The topological polar surface area (TPSA) is 72.3 Å². The molecule has 3 N–H and O–H groups in total. The van der Waals surface area contributed by atoms with Crippen molar-refractivity contribution in [2.24, 2.45) is 0 Å². The summed E-state index contributed by atoms with van der Waals surface area (Å²) in [4.78, 5) is 0. The van der Waals surface area contributed by atoms with Crippen molar-refractivity contribution in [2.45, 2.75) is 19.4 Å². The molecular formula is C10H12N2O2. The fourth-order valence-corrected chi connectivity index (χ4v) is 1.44. The molecule has 2 aromatic rings. The van der Waals surface area contributed by atoms with E-state index in [1.54, 1.807) is 32.0 Å². The average Bonchev–Trinajstić information content (AvgIpc) is 2.47. The predicted molar refractivity (Wildman–Crippen MR) is 53.7 cm³/mol. The Labute approximate surface area is 81.3 Å². The summed E-state index contributed by atoms with van der Waals surface area (Å²) in [5.74, 6) is 0. The molecule has 0 radical (unpaired) electrons. The molecule has 0 saturated carbocycles. The third kappa shape index (κ3) is 1.24. The number of nitrogen functional groups attached to an aromatic ring is 1. The Morgan fingerprint density at radius 2 is 2.14 bits per heavy atom. The number of aromatic nitrogens is 1. The van der Waals surface area contributed by atoms with Crippen molar-refractivity contribution in [1.82, 2.24) is 5.16 Å². The Hall–Kier alpha value is -1.55. The first kappa shape index (κ1) is 9.02. The second kappa shape index (κ2) is 2.72. The monoisotopic (exact) mass is 192 g/mol. The van der Waals surface area contributed by atoms with Gasteiger partial charge in [0.25, 0.3) is 0 Å². The zero-order chi connectivity index (χ0) is 10.3. The van der Waals surface area contributed by atoms with Crippen LogP contribution in [0.25, 0.3) is 11.0 Å². The lowest BCUT2D eigenvalue weighted by atomic mass is 10.0. The van der Waals surface area contributed by atoms with Crippen LogP contribution >= 0.6 is 0 Å². The largest absolute Gasteiger partial charge is 0.398 e. The van der Waals surface area contributed by atoms with Gasteiger partial charge in [-0.25, -0.2) is 0 Å². The summed E-state index contributed by atoms with van der Waals surface area (Å²) in [6.45, 7) is 3.30. The summed E-state index contributed by atoms with van der Waals surface area (Å²) in [5, 5.41) is 14.3. The Morgan fingerprint density at radius 1 is 1.43 bits per heavy atom. The average molecular weight is 192 g/mol. The molecule has 0 aliphatic carbocycles. The predicted octanol–water partition coefficient (Wildman–Crippen LogP) is 1.64. The number of fused-ring (bicyclic) bond motifs is 1. The van der Waals surface area contributed by atoms with E-state index in [9.17, 15) is 5.11 Å². The van der Waals surface area contributed by atoms with E-state index in [4.69, 9.17) is 10.3 Å². The van der Waals surface area contributed by atoms with Crippen molar-refractivity contribution in [3.63, 3.8) is 0 Å². The molecule has 0 bridgehead atoms. The molecule has 2 rings (SSSR count). The van der Waals surface area contributed by atoms with E-state index >= 15 is 0 Å². The summed E-state index contributed by atoms with van der Waals surface area (Å²) >= 11 is 0. The van der Waals surface area contributed by atoms with Gasteiger partial charge in [0.05, 0.1) is 5.39 Å². The van der Waals surface area contributed by atoms with Gasteiger partial charge in [-0.2, -0.15) is 0 Å². The van der Waals surface area contributed by atoms with Crippen LogP contribution in [0.4, 0.5) is 5.69 Å². The molecule has 0 unspecified atom stereocenters. The van der Waals surface area contributed by atoms with Crippen LogP contribution in [0.5, 0.6) is 0 Å². The number of benzene rings is 1. The summed E-state index contributed by atoms with van der Waals surface area (Å²) in [5.41, 5.74) is 6.39. The maximum atomic E-state index is 9.82. The van der Waals surface area contributed by atoms with Gasteiger partial charge in [-0.15, -0.1) is 0 Å². The molecule has 1 heterocycles. The first-order valence-electron chi connectivity index (χ1n) is 4.37. The number of rotatable bonds is 1. The summed E-state index contributed by atoms with van der Waals surface area (Å²) in [7, 11) is 0. The van der Waals surface area contributed by atoms with Crippen molar-refractivity contribution in [2.75, 3.05) is 5.73 Å². The van der Waals surface area contributed by atoms with E-state index in [0.29, 0.717) is 22.4 Å². The van der Waals surface area contributed by atoms with E-state index in [0.717, 1.165) is 0 Å². The van der Waals surface area contributed by atoms with Crippen molar-refractivity contribution in [3.8, 4) is 0 Å². The van der Waals surface area contributed by atoms with E-state index in [-0.39, 0.29) is 0 Å². The van der Waals surface area contributed by atoms with Gasteiger partial charge in [0.1, 0.15) is 11.3 Å². The highest BCUT2D eigenvalue weighted by Gasteiger charge is 2.24. The lowest BCUT2D eigenvalue weighted by Gasteiger charge is -2.13. The zero-order valence-corrected chi connectivity index (χ0v) is 8.11. The molecule has 74 valence electrons. The van der Waals surface area contributed by atoms with Gasteiger partial charge in [0.2, 0.25) is 0 Å². The number of anilines is 1. The minimum Gasteiger partial charge on any atom is -0.398 e. The quantitative estimate of drug-likeness (QED) is 0.673. The summed E-state index contributed by atoms with van der Waals surface area (Å²) in [6.07, 6.45) is 0. The highest BCUT2D eigenvalue weighted by molar-refractivity contribution is 5.91. The fourth-order valence-electron chi connectivity index (χ4n) is 1.44. The van der Waals surface area contributed by atoms with Crippen LogP contribution in [-0.2, 0) is 5.60 Å². The van der Waals surface area contributed by atoms with Crippen LogP contribution in [0.15, 0.2) is 22.7 Å². The highest BCUT2D eigenvalue weighted by Crippen LogP contribution is 2.31. The minimum atomic E-state index is -1.04. The number of hydrogen-bond donors (Lipinski definition) is 2. The minimum absolute atomic E-state index is 0.477. The smallest absolute Gasteiger partial charge is 0.169 e. The second-order valence-corrected chi connectivity index (χ2v) is 3.81. The zero-order valence-electron chi connectivity index (χ0n) is 8.11. The van der Waals surface area contributed by atoms with Gasteiger partial charge in [-0.1, -0.05) is 11.2 Å². The van der Waals surface area contributed by atoms with Gasteiger partial charge >= 0.3 is 0 Å². The van der Waals surface area contributed by atoms with Crippen LogP contribution in [0.1, 0.15) is 19.5 Å². The van der Waals surface area contributed by atoms with Crippen LogP contribution in [0.3, 0.4) is 0 Å². The first-order chi connectivity index (χ1) is 6.50.